The molecule has 2 aromatic rings. The second kappa shape index (κ2) is 6.37. The van der Waals surface area contributed by atoms with Gasteiger partial charge >= 0.3 is 0 Å². The van der Waals surface area contributed by atoms with E-state index >= 15 is 0 Å². The number of carbonyl (C=O) groups is 1. The van der Waals surface area contributed by atoms with Crippen LogP contribution in [-0.4, -0.2) is 22.7 Å². The molecule has 4 heteroatoms. The second-order valence-corrected chi connectivity index (χ2v) is 4.73. The molecule has 0 N–H and O–H groups in total. The summed E-state index contributed by atoms with van der Waals surface area (Å²) in [4.78, 5) is 12.4. The fourth-order valence-electron chi connectivity index (χ4n) is 2.30. The van der Waals surface area contributed by atoms with Crippen molar-refractivity contribution in [3.8, 4) is 5.75 Å². The average Bonchev–Trinajstić information content (AvgIpc) is 2.89. The summed E-state index contributed by atoms with van der Waals surface area (Å²) >= 11 is 0. The van der Waals surface area contributed by atoms with Crippen molar-refractivity contribution in [1.29, 1.82) is 0 Å². The number of nitrogens with zero attached hydrogens (tertiary/aromatic N) is 2. The lowest BCUT2D eigenvalue weighted by atomic mass is 10.0. The quantitative estimate of drug-likeness (QED) is 0.759. The van der Waals surface area contributed by atoms with Gasteiger partial charge in [0, 0.05) is 13.0 Å². The molecule has 1 aromatic carbocycles. The van der Waals surface area contributed by atoms with E-state index in [9.17, 15) is 4.79 Å². The van der Waals surface area contributed by atoms with Crippen LogP contribution in [0.15, 0.2) is 30.5 Å². The molecule has 0 bridgehead atoms. The van der Waals surface area contributed by atoms with Crippen LogP contribution in [0.3, 0.4) is 0 Å². The highest BCUT2D eigenvalue weighted by atomic mass is 16.5. The molecule has 0 unspecified atom stereocenters. The minimum absolute atomic E-state index is 0.0736. The minimum Gasteiger partial charge on any atom is -0.493 e. The molecule has 0 atom stereocenters. The van der Waals surface area contributed by atoms with Crippen molar-refractivity contribution < 1.29 is 9.53 Å². The lowest BCUT2D eigenvalue weighted by Crippen LogP contribution is -2.11. The molecule has 106 valence electrons. The number of aromatic nitrogens is 2. The van der Waals surface area contributed by atoms with Crippen LogP contribution in [0.2, 0.25) is 0 Å². The van der Waals surface area contributed by atoms with Gasteiger partial charge in [-0.1, -0.05) is 24.3 Å². The van der Waals surface area contributed by atoms with Gasteiger partial charge in [0.1, 0.15) is 5.69 Å². The normalized spacial score (nSPS) is 10.6. The summed E-state index contributed by atoms with van der Waals surface area (Å²) < 4.78 is 6.91. The Morgan fingerprint density at radius 2 is 2.10 bits per heavy atom. The zero-order chi connectivity index (χ0) is 14.5. The summed E-state index contributed by atoms with van der Waals surface area (Å²) in [5.74, 6) is 0.631. The molecule has 20 heavy (non-hydrogen) atoms. The molecule has 0 aliphatic heterocycles. The van der Waals surface area contributed by atoms with E-state index in [-0.39, 0.29) is 5.78 Å². The summed E-state index contributed by atoms with van der Waals surface area (Å²) in [6, 6.07) is 8.15. The Morgan fingerprint density at radius 3 is 2.75 bits per heavy atom. The van der Waals surface area contributed by atoms with Gasteiger partial charge in [-0.05, 0) is 31.4 Å². The highest BCUT2D eigenvalue weighted by Crippen LogP contribution is 2.20. The molecule has 0 aliphatic carbocycles. The van der Waals surface area contributed by atoms with Crippen LogP contribution in [0.4, 0.5) is 0 Å². The predicted octanol–water partition coefficient (Wildman–Crippen LogP) is 3.04. The Kier molecular flexibility index (Phi) is 4.56. The summed E-state index contributed by atoms with van der Waals surface area (Å²) in [6.45, 7) is 4.69. The molecular formula is C16H20N2O2. The van der Waals surface area contributed by atoms with E-state index in [4.69, 9.17) is 4.74 Å². The molecule has 0 spiro atoms. The summed E-state index contributed by atoms with van der Waals surface area (Å²) in [5.41, 5.74) is 3.00. The van der Waals surface area contributed by atoms with Crippen LogP contribution >= 0.6 is 0 Å². The maximum Gasteiger partial charge on any atom is 0.185 e. The third kappa shape index (κ3) is 2.90. The first-order valence-corrected chi connectivity index (χ1v) is 6.84. The average molecular weight is 272 g/mol. The highest BCUT2D eigenvalue weighted by molar-refractivity contribution is 5.97. The van der Waals surface area contributed by atoms with Crippen molar-refractivity contribution in [3.63, 3.8) is 0 Å². The SMILES string of the molecule is CCn1ncc(OC)c1C(=O)CCc1ccccc1C. The first-order valence-electron chi connectivity index (χ1n) is 6.84. The third-order valence-corrected chi connectivity index (χ3v) is 3.47. The van der Waals surface area contributed by atoms with Gasteiger partial charge in [0.05, 0.1) is 13.3 Å². The molecule has 2 rings (SSSR count). The largest absolute Gasteiger partial charge is 0.493 e. The van der Waals surface area contributed by atoms with E-state index in [2.05, 4.69) is 24.2 Å². The van der Waals surface area contributed by atoms with Gasteiger partial charge in [-0.25, -0.2) is 0 Å². The lowest BCUT2D eigenvalue weighted by molar-refractivity contribution is 0.0969. The van der Waals surface area contributed by atoms with Crippen LogP contribution in [-0.2, 0) is 13.0 Å². The smallest absolute Gasteiger partial charge is 0.185 e. The van der Waals surface area contributed by atoms with Crippen molar-refractivity contribution in [2.24, 2.45) is 0 Å². The number of hydrogen-bond acceptors (Lipinski definition) is 3. The van der Waals surface area contributed by atoms with Crippen LogP contribution < -0.4 is 4.74 Å². The first-order chi connectivity index (χ1) is 9.67. The Labute approximate surface area is 119 Å². The summed E-state index contributed by atoms with van der Waals surface area (Å²) in [5, 5.41) is 4.17. The molecule has 0 fully saturated rings. The van der Waals surface area contributed by atoms with Crippen LogP contribution in [0.5, 0.6) is 5.75 Å². The zero-order valence-corrected chi connectivity index (χ0v) is 12.2. The zero-order valence-electron chi connectivity index (χ0n) is 12.2. The number of carbonyl (C=O) groups excluding carboxylic acids is 1. The van der Waals surface area contributed by atoms with Gasteiger partial charge < -0.3 is 4.74 Å². The van der Waals surface area contributed by atoms with E-state index in [0.717, 1.165) is 6.42 Å². The molecule has 0 aliphatic rings. The monoisotopic (exact) mass is 272 g/mol. The Balaban J connectivity index is 2.13. The Morgan fingerprint density at radius 1 is 1.35 bits per heavy atom. The third-order valence-electron chi connectivity index (χ3n) is 3.47. The maximum atomic E-state index is 12.4. The van der Waals surface area contributed by atoms with Crippen LogP contribution in [0.1, 0.15) is 35.0 Å². The van der Waals surface area contributed by atoms with Crippen molar-refractivity contribution in [3.05, 3.63) is 47.3 Å². The molecule has 0 amide bonds. The van der Waals surface area contributed by atoms with E-state index in [1.807, 2.05) is 19.1 Å². The number of benzene rings is 1. The number of hydrogen-bond donors (Lipinski definition) is 0. The number of methoxy groups -OCH3 is 1. The van der Waals surface area contributed by atoms with E-state index < -0.39 is 0 Å². The topological polar surface area (TPSA) is 44.1 Å². The maximum absolute atomic E-state index is 12.4. The molecule has 0 radical (unpaired) electrons. The minimum atomic E-state index is 0.0736. The number of ether oxygens (including phenoxy) is 1. The van der Waals surface area contributed by atoms with Crippen molar-refractivity contribution in [2.75, 3.05) is 7.11 Å². The molecular weight excluding hydrogens is 252 g/mol. The van der Waals surface area contributed by atoms with Gasteiger partial charge in [0.2, 0.25) is 0 Å². The fraction of sp³-hybridized carbons (Fsp3) is 0.375. The van der Waals surface area contributed by atoms with E-state index in [0.29, 0.717) is 24.4 Å². The van der Waals surface area contributed by atoms with E-state index in [1.54, 1.807) is 18.0 Å². The molecule has 4 nitrogen and oxygen atoms in total. The summed E-state index contributed by atoms with van der Waals surface area (Å²) in [7, 11) is 1.56. The second-order valence-electron chi connectivity index (χ2n) is 4.73. The number of Topliss-reactive ketones (excluding diaryl/α,β-unsaturated/α-hetero) is 1. The van der Waals surface area contributed by atoms with Crippen LogP contribution in [0, 0.1) is 6.92 Å². The Bertz CT molecular complexity index is 581. The van der Waals surface area contributed by atoms with Crippen molar-refractivity contribution in [2.45, 2.75) is 33.2 Å². The standard InChI is InChI=1S/C16H20N2O2/c1-4-18-16(15(20-3)11-17-18)14(19)10-9-13-8-6-5-7-12(13)2/h5-8,11H,4,9-10H2,1-3H3. The molecule has 0 saturated heterocycles. The lowest BCUT2D eigenvalue weighted by Gasteiger charge is -2.08. The molecule has 1 aromatic heterocycles. The number of rotatable bonds is 6. The highest BCUT2D eigenvalue weighted by Gasteiger charge is 2.18. The Hall–Kier alpha value is -2.10. The van der Waals surface area contributed by atoms with Gasteiger partial charge in [0.15, 0.2) is 11.5 Å². The fourth-order valence-corrected chi connectivity index (χ4v) is 2.30. The molecule has 0 saturated carbocycles. The van der Waals surface area contributed by atoms with Gasteiger partial charge in [-0.3, -0.25) is 9.48 Å². The van der Waals surface area contributed by atoms with Gasteiger partial charge in [0.25, 0.3) is 0 Å². The van der Waals surface area contributed by atoms with Crippen molar-refractivity contribution >= 4 is 5.78 Å². The van der Waals surface area contributed by atoms with Crippen LogP contribution in [0.25, 0.3) is 0 Å². The van der Waals surface area contributed by atoms with Gasteiger partial charge in [-0.2, -0.15) is 5.10 Å². The predicted molar refractivity (Wildman–Crippen MR) is 78.3 cm³/mol. The molecule has 1 heterocycles. The number of ketones is 1. The number of aryl methyl sites for hydroxylation is 3. The van der Waals surface area contributed by atoms with E-state index in [1.165, 1.54) is 11.1 Å². The van der Waals surface area contributed by atoms with Gasteiger partial charge in [-0.15, -0.1) is 0 Å². The van der Waals surface area contributed by atoms with Crippen molar-refractivity contribution in [1.82, 2.24) is 9.78 Å². The summed E-state index contributed by atoms with van der Waals surface area (Å²) in [6.07, 6.45) is 2.81. The first kappa shape index (κ1) is 14.3.